The molecule has 1 fully saturated rings. The summed E-state index contributed by atoms with van der Waals surface area (Å²) in [5.74, 6) is -0.578. The number of fused-ring (bicyclic) bond motifs is 1. The summed E-state index contributed by atoms with van der Waals surface area (Å²) in [7, 11) is 0. The van der Waals surface area contributed by atoms with Gasteiger partial charge in [-0.15, -0.1) is 0 Å². The van der Waals surface area contributed by atoms with E-state index in [-0.39, 0.29) is 17.6 Å². The van der Waals surface area contributed by atoms with Gasteiger partial charge in [-0.1, -0.05) is 54.6 Å². The Bertz CT molecular complexity index is 1420. The lowest BCUT2D eigenvalue weighted by Crippen LogP contribution is -2.37. The first kappa shape index (κ1) is 21.3. The molecule has 1 saturated heterocycles. The van der Waals surface area contributed by atoms with Crippen LogP contribution in [0.25, 0.3) is 23.1 Å². The average Bonchev–Trinajstić information content (AvgIpc) is 3.49. The predicted molar refractivity (Wildman–Crippen MR) is 131 cm³/mol. The van der Waals surface area contributed by atoms with Gasteiger partial charge in [-0.2, -0.15) is 5.10 Å². The van der Waals surface area contributed by atoms with Crippen LogP contribution in [0, 0.1) is 0 Å². The van der Waals surface area contributed by atoms with Gasteiger partial charge in [0.2, 0.25) is 11.8 Å². The van der Waals surface area contributed by atoms with Gasteiger partial charge in [0.25, 0.3) is 0 Å². The van der Waals surface area contributed by atoms with Crippen molar-refractivity contribution in [2.24, 2.45) is 0 Å². The fraction of sp³-hybridized carbons (Fsp3) is 0.111. The van der Waals surface area contributed by atoms with Crippen LogP contribution in [0.5, 0.6) is 0 Å². The highest BCUT2D eigenvalue weighted by Crippen LogP contribution is 2.22. The second-order valence-corrected chi connectivity index (χ2v) is 8.17. The van der Waals surface area contributed by atoms with Crippen molar-refractivity contribution < 1.29 is 14.4 Å². The number of carbonyl (C=O) groups excluding carboxylic acids is 3. The Balaban J connectivity index is 1.33. The fourth-order valence-corrected chi connectivity index (χ4v) is 3.99. The van der Waals surface area contributed by atoms with E-state index in [2.05, 4.69) is 20.8 Å². The first-order valence-electron chi connectivity index (χ1n) is 11.0. The van der Waals surface area contributed by atoms with Gasteiger partial charge < -0.3 is 10.6 Å². The summed E-state index contributed by atoms with van der Waals surface area (Å²) in [6, 6.07) is 21.6. The van der Waals surface area contributed by atoms with E-state index < -0.39 is 6.04 Å². The minimum absolute atomic E-state index is 0.128. The van der Waals surface area contributed by atoms with Gasteiger partial charge in [-0.3, -0.25) is 19.5 Å². The van der Waals surface area contributed by atoms with Crippen LogP contribution in [0.3, 0.4) is 0 Å². The summed E-state index contributed by atoms with van der Waals surface area (Å²) in [6.45, 7) is 0. The van der Waals surface area contributed by atoms with E-state index in [0.29, 0.717) is 29.7 Å². The molecule has 1 aliphatic heterocycles. The van der Waals surface area contributed by atoms with Crippen molar-refractivity contribution >= 4 is 46.3 Å². The molecule has 3 N–H and O–H groups in total. The number of amides is 2. The van der Waals surface area contributed by atoms with E-state index in [1.807, 2.05) is 48.6 Å². The number of hydrogen-bond acceptors (Lipinski definition) is 4. The van der Waals surface area contributed by atoms with Crippen LogP contribution in [0.2, 0.25) is 0 Å². The lowest BCUT2D eigenvalue weighted by Gasteiger charge is -2.11. The van der Waals surface area contributed by atoms with E-state index >= 15 is 0 Å². The average molecular weight is 450 g/mol. The molecule has 4 aromatic rings. The van der Waals surface area contributed by atoms with Crippen molar-refractivity contribution in [2.45, 2.75) is 18.9 Å². The Morgan fingerprint density at radius 2 is 1.76 bits per heavy atom. The lowest BCUT2D eigenvalue weighted by molar-refractivity contribution is -0.122. The van der Waals surface area contributed by atoms with Crippen LogP contribution in [0.4, 0.5) is 5.69 Å². The summed E-state index contributed by atoms with van der Waals surface area (Å²) in [6.07, 6.45) is 4.74. The SMILES string of the molecule is O=C1CC[C@H](C(=O)Nc2cccc(C(=O)c3ccc4c(/C=C/c5ccccc5)n[nH]c4c3)c2)N1. The van der Waals surface area contributed by atoms with Gasteiger partial charge in [-0.05, 0) is 42.3 Å². The summed E-state index contributed by atoms with van der Waals surface area (Å²) < 4.78 is 0. The van der Waals surface area contributed by atoms with Crippen molar-refractivity contribution in [2.75, 3.05) is 5.32 Å². The number of benzene rings is 3. The fourth-order valence-electron chi connectivity index (χ4n) is 3.99. The molecule has 5 rings (SSSR count). The Morgan fingerprint density at radius 3 is 2.56 bits per heavy atom. The molecule has 1 aliphatic rings. The van der Waals surface area contributed by atoms with Crippen LogP contribution >= 0.6 is 0 Å². The number of nitrogens with zero attached hydrogens (tertiary/aromatic N) is 1. The number of aromatic amines is 1. The second kappa shape index (κ2) is 9.15. The van der Waals surface area contributed by atoms with E-state index in [9.17, 15) is 14.4 Å². The van der Waals surface area contributed by atoms with Gasteiger partial charge in [0.1, 0.15) is 6.04 Å². The molecule has 7 nitrogen and oxygen atoms in total. The van der Waals surface area contributed by atoms with Crippen LogP contribution in [-0.2, 0) is 9.59 Å². The first-order valence-corrected chi connectivity index (χ1v) is 11.0. The number of anilines is 1. The molecule has 7 heteroatoms. The maximum Gasteiger partial charge on any atom is 0.246 e. The van der Waals surface area contributed by atoms with E-state index in [0.717, 1.165) is 22.2 Å². The highest BCUT2D eigenvalue weighted by molar-refractivity contribution is 6.11. The molecule has 0 radical (unpaired) electrons. The minimum atomic E-state index is -0.542. The zero-order chi connectivity index (χ0) is 23.5. The maximum absolute atomic E-state index is 13.1. The summed E-state index contributed by atoms with van der Waals surface area (Å²) >= 11 is 0. The number of hydrogen-bond donors (Lipinski definition) is 3. The predicted octanol–water partition coefficient (Wildman–Crippen LogP) is 4.18. The van der Waals surface area contributed by atoms with E-state index in [1.54, 1.807) is 36.4 Å². The van der Waals surface area contributed by atoms with Crippen molar-refractivity contribution in [3.8, 4) is 0 Å². The van der Waals surface area contributed by atoms with Crippen molar-refractivity contribution in [3.63, 3.8) is 0 Å². The van der Waals surface area contributed by atoms with Gasteiger partial charge >= 0.3 is 0 Å². The quantitative estimate of drug-likeness (QED) is 0.383. The van der Waals surface area contributed by atoms with Crippen molar-refractivity contribution in [1.29, 1.82) is 0 Å². The van der Waals surface area contributed by atoms with Gasteiger partial charge in [0.15, 0.2) is 5.78 Å². The Labute approximate surface area is 195 Å². The number of rotatable bonds is 6. The molecule has 1 atom stereocenters. The van der Waals surface area contributed by atoms with Crippen molar-refractivity contribution in [1.82, 2.24) is 15.5 Å². The molecule has 0 aliphatic carbocycles. The number of ketones is 1. The topological polar surface area (TPSA) is 104 Å². The summed E-state index contributed by atoms with van der Waals surface area (Å²) in [5, 5.41) is 13.7. The zero-order valence-corrected chi connectivity index (χ0v) is 18.2. The van der Waals surface area contributed by atoms with Gasteiger partial charge in [0.05, 0.1) is 11.2 Å². The first-order chi connectivity index (χ1) is 16.6. The number of H-pyrrole nitrogens is 1. The monoisotopic (exact) mass is 450 g/mol. The normalized spacial score (nSPS) is 15.5. The minimum Gasteiger partial charge on any atom is -0.344 e. The third kappa shape index (κ3) is 4.49. The maximum atomic E-state index is 13.1. The molecule has 168 valence electrons. The standard InChI is InChI=1S/C27H22N4O3/c32-25-14-13-23(29-25)27(34)28-20-8-4-7-18(15-20)26(33)19-10-11-21-22(30-31-24(21)16-19)12-9-17-5-2-1-3-6-17/h1-12,15-16,23H,13-14H2,(H,28,34)(H,29,32)(H,30,31)/b12-9+/t23-/m1/s1. The number of nitrogens with one attached hydrogen (secondary N) is 3. The summed E-state index contributed by atoms with van der Waals surface area (Å²) in [5.41, 5.74) is 4.11. The largest absolute Gasteiger partial charge is 0.344 e. The smallest absolute Gasteiger partial charge is 0.246 e. The molecular formula is C27H22N4O3. The Kier molecular flexibility index (Phi) is 5.74. The van der Waals surface area contributed by atoms with Gasteiger partial charge in [0, 0.05) is 28.6 Å². The Morgan fingerprint density at radius 1 is 0.941 bits per heavy atom. The highest BCUT2D eigenvalue weighted by Gasteiger charge is 2.27. The van der Waals surface area contributed by atoms with Crippen LogP contribution < -0.4 is 10.6 Å². The third-order valence-corrected chi connectivity index (χ3v) is 5.79. The summed E-state index contributed by atoms with van der Waals surface area (Å²) in [4.78, 5) is 36.9. The second-order valence-electron chi connectivity index (χ2n) is 8.17. The van der Waals surface area contributed by atoms with Gasteiger partial charge in [-0.25, -0.2) is 0 Å². The van der Waals surface area contributed by atoms with E-state index in [4.69, 9.17) is 0 Å². The highest BCUT2D eigenvalue weighted by atomic mass is 16.2. The lowest BCUT2D eigenvalue weighted by atomic mass is 10.0. The molecular weight excluding hydrogens is 428 g/mol. The molecule has 0 saturated carbocycles. The molecule has 2 amide bonds. The van der Waals surface area contributed by atoms with Crippen LogP contribution in [0.15, 0.2) is 72.8 Å². The zero-order valence-electron chi connectivity index (χ0n) is 18.2. The van der Waals surface area contributed by atoms with E-state index in [1.165, 1.54) is 0 Å². The molecule has 34 heavy (non-hydrogen) atoms. The molecule has 2 heterocycles. The number of aromatic nitrogens is 2. The molecule has 1 aromatic heterocycles. The number of carbonyl (C=O) groups is 3. The van der Waals surface area contributed by atoms with Crippen LogP contribution in [0.1, 0.15) is 40.0 Å². The Hall–Kier alpha value is -4.52. The molecule has 3 aromatic carbocycles. The third-order valence-electron chi connectivity index (χ3n) is 5.79. The van der Waals surface area contributed by atoms with Crippen molar-refractivity contribution in [3.05, 3.63) is 95.2 Å². The molecule has 0 spiro atoms. The van der Waals surface area contributed by atoms with Crippen LogP contribution in [-0.4, -0.2) is 33.8 Å². The molecule has 0 unspecified atom stereocenters. The molecule has 0 bridgehead atoms.